The maximum Gasteiger partial charge on any atom is 0.0911 e. The molecule has 1 unspecified atom stereocenters. The van der Waals surface area contributed by atoms with E-state index in [9.17, 15) is 9.50 Å². The molecule has 1 N–H and O–H groups in total. The van der Waals surface area contributed by atoms with Gasteiger partial charge >= 0.3 is 0 Å². The first-order valence-electron chi connectivity index (χ1n) is 8.08. The van der Waals surface area contributed by atoms with Crippen molar-refractivity contribution in [1.82, 2.24) is 4.57 Å². The van der Waals surface area contributed by atoms with Crippen LogP contribution in [0.3, 0.4) is 0 Å². The Bertz CT molecular complexity index is 836. The third-order valence-electron chi connectivity index (χ3n) is 4.86. The van der Waals surface area contributed by atoms with Gasteiger partial charge in [0, 0.05) is 28.4 Å². The molecule has 22 heavy (non-hydrogen) atoms. The van der Waals surface area contributed by atoms with Crippen molar-refractivity contribution in [1.29, 1.82) is 0 Å². The molecule has 3 heteroatoms. The SMILES string of the molecule is OC1CCCc2c1ccc1c2c2ccccc2n1CCCF. The minimum atomic E-state index is -0.346. The fraction of sp³-hybridized carbons (Fsp3) is 0.368. The summed E-state index contributed by atoms with van der Waals surface area (Å²) in [6.45, 7) is 0.402. The van der Waals surface area contributed by atoms with Crippen molar-refractivity contribution in [2.24, 2.45) is 0 Å². The predicted octanol–water partition coefficient (Wildman–Crippen LogP) is 4.52. The highest BCUT2D eigenvalue weighted by Gasteiger charge is 2.22. The predicted molar refractivity (Wildman–Crippen MR) is 87.9 cm³/mol. The minimum Gasteiger partial charge on any atom is -0.388 e. The number of alkyl halides is 1. The summed E-state index contributed by atoms with van der Waals surface area (Å²) in [6.07, 6.45) is 3.08. The zero-order valence-electron chi connectivity index (χ0n) is 12.6. The highest BCUT2D eigenvalue weighted by Crippen LogP contribution is 2.39. The van der Waals surface area contributed by atoms with Crippen LogP contribution < -0.4 is 0 Å². The van der Waals surface area contributed by atoms with Gasteiger partial charge in [0.1, 0.15) is 0 Å². The summed E-state index contributed by atoms with van der Waals surface area (Å²) in [5, 5.41) is 12.8. The topological polar surface area (TPSA) is 25.2 Å². The lowest BCUT2D eigenvalue weighted by molar-refractivity contribution is 0.157. The number of aromatic nitrogens is 1. The molecule has 1 aromatic heterocycles. The molecular formula is C19H20FNO. The van der Waals surface area contributed by atoms with E-state index in [4.69, 9.17) is 0 Å². The molecule has 3 aromatic rings. The van der Waals surface area contributed by atoms with E-state index in [1.54, 1.807) is 0 Å². The van der Waals surface area contributed by atoms with Gasteiger partial charge in [-0.1, -0.05) is 24.3 Å². The first-order chi connectivity index (χ1) is 10.8. The van der Waals surface area contributed by atoms with Crippen LogP contribution in [-0.2, 0) is 13.0 Å². The number of nitrogens with zero attached hydrogens (tertiary/aromatic N) is 1. The third kappa shape index (κ3) is 1.96. The van der Waals surface area contributed by atoms with Gasteiger partial charge in [0.2, 0.25) is 0 Å². The van der Waals surface area contributed by atoms with E-state index in [0.717, 1.165) is 24.8 Å². The highest BCUT2D eigenvalue weighted by atomic mass is 19.1. The van der Waals surface area contributed by atoms with Crippen LogP contribution in [0, 0.1) is 0 Å². The number of fused-ring (bicyclic) bond motifs is 5. The van der Waals surface area contributed by atoms with E-state index < -0.39 is 0 Å². The summed E-state index contributed by atoms with van der Waals surface area (Å²) >= 11 is 0. The first-order valence-corrected chi connectivity index (χ1v) is 8.08. The molecule has 1 atom stereocenters. The lowest BCUT2D eigenvalue weighted by Crippen LogP contribution is -2.09. The molecule has 114 valence electrons. The molecular weight excluding hydrogens is 277 g/mol. The number of rotatable bonds is 3. The van der Waals surface area contributed by atoms with Crippen LogP contribution in [0.1, 0.15) is 36.5 Å². The molecule has 0 fully saturated rings. The molecule has 0 radical (unpaired) electrons. The minimum absolute atomic E-state index is 0.294. The van der Waals surface area contributed by atoms with Crippen molar-refractivity contribution in [3.63, 3.8) is 0 Å². The van der Waals surface area contributed by atoms with Gasteiger partial charge in [0.15, 0.2) is 0 Å². The smallest absolute Gasteiger partial charge is 0.0911 e. The van der Waals surface area contributed by atoms with E-state index in [2.05, 4.69) is 34.9 Å². The molecule has 0 aliphatic heterocycles. The largest absolute Gasteiger partial charge is 0.388 e. The summed E-state index contributed by atoms with van der Waals surface area (Å²) in [5.74, 6) is 0. The summed E-state index contributed by atoms with van der Waals surface area (Å²) in [6, 6.07) is 12.5. The Balaban J connectivity index is 2.06. The number of aliphatic hydroxyl groups excluding tert-OH is 1. The number of aryl methyl sites for hydroxylation is 2. The Morgan fingerprint density at radius 2 is 2.00 bits per heavy atom. The van der Waals surface area contributed by atoms with Gasteiger partial charge in [-0.15, -0.1) is 0 Å². The van der Waals surface area contributed by atoms with Crippen molar-refractivity contribution in [3.8, 4) is 0 Å². The second kappa shape index (κ2) is 5.40. The molecule has 0 spiro atoms. The number of hydrogen-bond donors (Lipinski definition) is 1. The Kier molecular flexibility index (Phi) is 3.38. The van der Waals surface area contributed by atoms with Crippen LogP contribution in [0.15, 0.2) is 36.4 Å². The van der Waals surface area contributed by atoms with E-state index in [1.807, 2.05) is 6.07 Å². The Labute approximate surface area is 129 Å². The van der Waals surface area contributed by atoms with Gasteiger partial charge in [0.25, 0.3) is 0 Å². The van der Waals surface area contributed by atoms with E-state index >= 15 is 0 Å². The van der Waals surface area contributed by atoms with Gasteiger partial charge in [0.05, 0.1) is 12.8 Å². The molecule has 0 saturated heterocycles. The summed E-state index contributed by atoms with van der Waals surface area (Å²) in [7, 11) is 0. The average molecular weight is 297 g/mol. The fourth-order valence-corrected chi connectivity index (χ4v) is 3.90. The van der Waals surface area contributed by atoms with Gasteiger partial charge < -0.3 is 9.67 Å². The van der Waals surface area contributed by atoms with Crippen LogP contribution in [0.2, 0.25) is 0 Å². The molecule has 4 rings (SSSR count). The van der Waals surface area contributed by atoms with E-state index in [1.165, 1.54) is 27.4 Å². The Hall–Kier alpha value is -1.87. The molecule has 1 aliphatic carbocycles. The molecule has 1 aliphatic rings. The van der Waals surface area contributed by atoms with Gasteiger partial charge in [-0.2, -0.15) is 0 Å². The van der Waals surface area contributed by atoms with Crippen LogP contribution in [0.5, 0.6) is 0 Å². The number of para-hydroxylation sites is 1. The number of benzene rings is 2. The second-order valence-electron chi connectivity index (χ2n) is 6.15. The lowest BCUT2D eigenvalue weighted by Gasteiger charge is -2.22. The Morgan fingerprint density at radius 1 is 1.14 bits per heavy atom. The van der Waals surface area contributed by atoms with E-state index in [-0.39, 0.29) is 12.8 Å². The van der Waals surface area contributed by atoms with Crippen LogP contribution in [-0.4, -0.2) is 16.3 Å². The zero-order valence-corrected chi connectivity index (χ0v) is 12.6. The quantitative estimate of drug-likeness (QED) is 0.755. The third-order valence-corrected chi connectivity index (χ3v) is 4.86. The second-order valence-corrected chi connectivity index (χ2v) is 6.15. The van der Waals surface area contributed by atoms with Crippen LogP contribution >= 0.6 is 0 Å². The van der Waals surface area contributed by atoms with Crippen LogP contribution in [0.25, 0.3) is 21.8 Å². The van der Waals surface area contributed by atoms with Crippen molar-refractivity contribution in [2.45, 2.75) is 38.3 Å². The zero-order chi connectivity index (χ0) is 15.1. The molecule has 0 saturated carbocycles. The first kappa shape index (κ1) is 13.8. The van der Waals surface area contributed by atoms with Crippen molar-refractivity contribution < 1.29 is 9.50 Å². The molecule has 2 aromatic carbocycles. The van der Waals surface area contributed by atoms with Crippen molar-refractivity contribution in [3.05, 3.63) is 47.5 Å². The summed E-state index contributed by atoms with van der Waals surface area (Å²) in [4.78, 5) is 0. The number of aliphatic hydroxyl groups is 1. The van der Waals surface area contributed by atoms with Crippen molar-refractivity contribution >= 4 is 21.8 Å². The van der Waals surface area contributed by atoms with Gasteiger partial charge in [-0.05, 0) is 48.9 Å². The maximum absolute atomic E-state index is 12.7. The van der Waals surface area contributed by atoms with Crippen LogP contribution in [0.4, 0.5) is 4.39 Å². The lowest BCUT2D eigenvalue weighted by atomic mass is 9.86. The maximum atomic E-state index is 12.7. The monoisotopic (exact) mass is 297 g/mol. The standard InChI is InChI=1S/C19H20FNO/c20-11-4-12-21-16-7-2-1-5-15(16)19-14-6-3-8-18(22)13(14)9-10-17(19)21/h1-2,5,7,9-10,18,22H,3-4,6,8,11-12H2. The molecule has 1 heterocycles. The number of halogens is 1. The Morgan fingerprint density at radius 3 is 2.86 bits per heavy atom. The average Bonchev–Trinajstić information content (AvgIpc) is 2.87. The van der Waals surface area contributed by atoms with Gasteiger partial charge in [-0.25, -0.2) is 0 Å². The summed E-state index contributed by atoms with van der Waals surface area (Å²) < 4.78 is 14.9. The summed E-state index contributed by atoms with van der Waals surface area (Å²) in [5.41, 5.74) is 4.69. The normalized spacial score (nSPS) is 18.0. The highest BCUT2D eigenvalue weighted by molar-refractivity contribution is 6.10. The molecule has 0 bridgehead atoms. The fourth-order valence-electron chi connectivity index (χ4n) is 3.90. The molecule has 0 amide bonds. The van der Waals surface area contributed by atoms with E-state index in [0.29, 0.717) is 13.0 Å². The molecule has 2 nitrogen and oxygen atoms in total. The van der Waals surface area contributed by atoms with Crippen molar-refractivity contribution in [2.75, 3.05) is 6.67 Å². The van der Waals surface area contributed by atoms with Gasteiger partial charge in [-0.3, -0.25) is 4.39 Å². The number of hydrogen-bond acceptors (Lipinski definition) is 1.